The lowest BCUT2D eigenvalue weighted by Gasteiger charge is -2.04. The fourth-order valence-electron chi connectivity index (χ4n) is 3.17. The van der Waals surface area contributed by atoms with E-state index in [1.165, 1.54) is 12.1 Å². The Morgan fingerprint density at radius 2 is 1.91 bits per heavy atom. The van der Waals surface area contributed by atoms with Gasteiger partial charge in [-0.1, -0.05) is 24.3 Å². The molecular weight excluding hydrogens is 295 g/mol. The van der Waals surface area contributed by atoms with Crippen LogP contribution in [0.5, 0.6) is 0 Å². The molecule has 1 amide bonds. The first-order chi connectivity index (χ1) is 11.2. The second-order valence-electron chi connectivity index (χ2n) is 5.60. The molecule has 2 N–H and O–H groups in total. The van der Waals surface area contributed by atoms with Crippen LogP contribution in [0.2, 0.25) is 0 Å². The van der Waals surface area contributed by atoms with Crippen molar-refractivity contribution in [3.05, 3.63) is 58.9 Å². The van der Waals surface area contributed by atoms with Gasteiger partial charge in [-0.05, 0) is 29.7 Å². The summed E-state index contributed by atoms with van der Waals surface area (Å²) in [6.45, 7) is 0.501. The van der Waals surface area contributed by atoms with Gasteiger partial charge in [-0.2, -0.15) is 0 Å². The van der Waals surface area contributed by atoms with Gasteiger partial charge in [-0.25, -0.2) is 4.39 Å². The fourth-order valence-corrected chi connectivity index (χ4v) is 3.17. The topological polar surface area (TPSA) is 62.0 Å². The van der Waals surface area contributed by atoms with Gasteiger partial charge in [0, 0.05) is 28.7 Å². The van der Waals surface area contributed by atoms with Gasteiger partial charge in [0.15, 0.2) is 0 Å². The number of hydrogen-bond acceptors (Lipinski definition) is 2. The van der Waals surface area contributed by atoms with Crippen molar-refractivity contribution in [1.29, 1.82) is 0 Å². The van der Waals surface area contributed by atoms with E-state index >= 15 is 0 Å². The van der Waals surface area contributed by atoms with Crippen LogP contribution in [0, 0.1) is 5.82 Å². The van der Waals surface area contributed by atoms with Crippen LogP contribution in [0.3, 0.4) is 0 Å². The molecule has 1 aliphatic rings. The number of carbonyl (C=O) groups is 2. The third kappa shape index (κ3) is 2.12. The molecule has 0 bridgehead atoms. The number of H-pyrrole nitrogens is 1. The highest BCUT2D eigenvalue weighted by molar-refractivity contribution is 6.10. The molecule has 0 spiro atoms. The van der Waals surface area contributed by atoms with Crippen LogP contribution in [0.25, 0.3) is 22.2 Å². The first-order valence-corrected chi connectivity index (χ1v) is 7.35. The number of rotatable bonds is 2. The summed E-state index contributed by atoms with van der Waals surface area (Å²) in [6, 6.07) is 9.86. The summed E-state index contributed by atoms with van der Waals surface area (Å²) >= 11 is 0. The number of aromatic nitrogens is 1. The lowest BCUT2D eigenvalue weighted by Crippen LogP contribution is -2.23. The monoisotopic (exact) mass is 308 g/mol. The van der Waals surface area contributed by atoms with Crippen molar-refractivity contribution in [3.8, 4) is 11.3 Å². The number of nitrogens with one attached hydrogen (secondary N) is 2. The normalized spacial score (nSPS) is 13.7. The molecule has 23 heavy (non-hydrogen) atoms. The zero-order chi connectivity index (χ0) is 16.0. The Morgan fingerprint density at radius 1 is 1.13 bits per heavy atom. The Hall–Kier alpha value is -2.95. The quantitative estimate of drug-likeness (QED) is 0.715. The van der Waals surface area contributed by atoms with Crippen molar-refractivity contribution in [2.45, 2.75) is 6.42 Å². The molecule has 0 atom stereocenters. The highest BCUT2D eigenvalue weighted by Crippen LogP contribution is 2.34. The largest absolute Gasteiger partial charge is 0.354 e. The zero-order valence-corrected chi connectivity index (χ0v) is 12.2. The summed E-state index contributed by atoms with van der Waals surface area (Å²) in [5.74, 6) is -0.699. The molecule has 4 nitrogen and oxygen atoms in total. The van der Waals surface area contributed by atoms with E-state index in [4.69, 9.17) is 0 Å². The minimum Gasteiger partial charge on any atom is -0.354 e. The van der Waals surface area contributed by atoms with Gasteiger partial charge in [0.1, 0.15) is 12.1 Å². The molecule has 1 aliphatic heterocycles. The molecule has 0 aliphatic carbocycles. The van der Waals surface area contributed by atoms with Crippen LogP contribution in [-0.4, -0.2) is 23.7 Å². The van der Waals surface area contributed by atoms with Crippen LogP contribution in [0.15, 0.2) is 36.4 Å². The van der Waals surface area contributed by atoms with Gasteiger partial charge < -0.3 is 10.3 Å². The molecule has 0 saturated heterocycles. The minimum absolute atomic E-state index is 0.255. The molecule has 0 fully saturated rings. The maximum atomic E-state index is 13.8. The molecule has 2 heterocycles. The lowest BCUT2D eigenvalue weighted by molar-refractivity contribution is 0.0956. The molecule has 0 unspecified atom stereocenters. The Labute approximate surface area is 131 Å². The Kier molecular flexibility index (Phi) is 3.01. The van der Waals surface area contributed by atoms with Gasteiger partial charge in [0.25, 0.3) is 5.91 Å². The van der Waals surface area contributed by atoms with Crippen LogP contribution in [0.1, 0.15) is 26.3 Å². The summed E-state index contributed by atoms with van der Waals surface area (Å²) in [4.78, 5) is 26.2. The van der Waals surface area contributed by atoms with Crippen molar-refractivity contribution < 1.29 is 14.0 Å². The first kappa shape index (κ1) is 13.7. The van der Waals surface area contributed by atoms with E-state index in [0.29, 0.717) is 29.6 Å². The second kappa shape index (κ2) is 5.05. The molecule has 114 valence electrons. The van der Waals surface area contributed by atoms with E-state index in [1.54, 1.807) is 12.1 Å². The Bertz CT molecular complexity index is 942. The Morgan fingerprint density at radius 3 is 2.65 bits per heavy atom. The maximum absolute atomic E-state index is 13.8. The summed E-state index contributed by atoms with van der Waals surface area (Å²) in [6.07, 6.45) is 1.45. The molecule has 3 aromatic rings. The van der Waals surface area contributed by atoms with Crippen molar-refractivity contribution in [1.82, 2.24) is 10.3 Å². The highest BCUT2D eigenvalue weighted by Gasteiger charge is 2.23. The van der Waals surface area contributed by atoms with E-state index in [9.17, 15) is 14.0 Å². The molecule has 4 rings (SSSR count). The first-order valence-electron chi connectivity index (χ1n) is 7.35. The van der Waals surface area contributed by atoms with E-state index in [2.05, 4.69) is 10.3 Å². The van der Waals surface area contributed by atoms with Gasteiger partial charge in [-0.3, -0.25) is 9.59 Å². The van der Waals surface area contributed by atoms with Gasteiger partial charge in [0.2, 0.25) is 0 Å². The van der Waals surface area contributed by atoms with Crippen molar-refractivity contribution in [2.24, 2.45) is 0 Å². The van der Waals surface area contributed by atoms with Crippen LogP contribution in [0.4, 0.5) is 4.39 Å². The molecule has 5 heteroatoms. The van der Waals surface area contributed by atoms with Crippen LogP contribution >= 0.6 is 0 Å². The van der Waals surface area contributed by atoms with Crippen molar-refractivity contribution in [2.75, 3.05) is 6.54 Å². The number of carbonyl (C=O) groups excluding carboxylic acids is 2. The second-order valence-corrected chi connectivity index (χ2v) is 5.60. The molecule has 1 aromatic heterocycles. The third-order valence-corrected chi connectivity index (χ3v) is 4.21. The van der Waals surface area contributed by atoms with Crippen molar-refractivity contribution >= 4 is 23.1 Å². The predicted molar refractivity (Wildman–Crippen MR) is 85.1 cm³/mol. The summed E-state index contributed by atoms with van der Waals surface area (Å²) in [5.41, 5.74) is 4.33. The number of benzene rings is 2. The number of halogens is 1. The molecule has 0 saturated carbocycles. The molecule has 0 radical (unpaired) electrons. The van der Waals surface area contributed by atoms with E-state index < -0.39 is 5.82 Å². The highest BCUT2D eigenvalue weighted by atomic mass is 19.1. The van der Waals surface area contributed by atoms with Crippen molar-refractivity contribution in [3.63, 3.8) is 0 Å². The molecule has 2 aromatic carbocycles. The molecular formula is C18H13FN2O2. The van der Waals surface area contributed by atoms with Gasteiger partial charge in [-0.15, -0.1) is 0 Å². The standard InChI is InChI=1S/C18H13FN2O2/c19-12-7-14-16-13(5-6-20-18(14)23)17(21-15(16)8-12)11-3-1-10(9-22)2-4-11/h1-4,7-9,21H,5-6H2,(H,20,23). The summed E-state index contributed by atoms with van der Waals surface area (Å²) in [5, 5.41) is 3.57. The number of amides is 1. The van der Waals surface area contributed by atoms with E-state index in [1.807, 2.05) is 12.1 Å². The lowest BCUT2D eigenvalue weighted by atomic mass is 10.00. The van der Waals surface area contributed by atoms with Gasteiger partial charge >= 0.3 is 0 Å². The van der Waals surface area contributed by atoms with E-state index in [-0.39, 0.29) is 5.91 Å². The van der Waals surface area contributed by atoms with E-state index in [0.717, 1.165) is 28.5 Å². The van der Waals surface area contributed by atoms with Gasteiger partial charge in [0.05, 0.1) is 5.56 Å². The summed E-state index contributed by atoms with van der Waals surface area (Å²) in [7, 11) is 0. The maximum Gasteiger partial charge on any atom is 0.252 e. The number of aromatic amines is 1. The number of aldehydes is 1. The number of hydrogen-bond donors (Lipinski definition) is 2. The van der Waals surface area contributed by atoms with Crippen LogP contribution < -0.4 is 5.32 Å². The van der Waals surface area contributed by atoms with Crippen LogP contribution in [-0.2, 0) is 6.42 Å². The SMILES string of the molecule is O=Cc1ccc(-c2[nH]c3cc(F)cc4c3c2CCNC4=O)cc1. The zero-order valence-electron chi connectivity index (χ0n) is 12.2. The fraction of sp³-hybridized carbons (Fsp3) is 0.111. The predicted octanol–water partition coefficient (Wildman–Crippen LogP) is 3.07. The summed E-state index contributed by atoms with van der Waals surface area (Å²) < 4.78 is 13.8. The smallest absolute Gasteiger partial charge is 0.252 e. The average molecular weight is 308 g/mol. The third-order valence-electron chi connectivity index (χ3n) is 4.21. The average Bonchev–Trinajstić information content (AvgIpc) is 2.83. The minimum atomic E-state index is -0.444. The Balaban J connectivity index is 2.00.